The molecular weight excluding hydrogens is 431 g/mol. The molecule has 0 bridgehead atoms. The number of aromatic hydroxyl groups is 1. The highest BCUT2D eigenvalue weighted by atomic mass is 35.5. The first kappa shape index (κ1) is 18.9. The topological polar surface area (TPSA) is 66.8 Å². The van der Waals surface area contributed by atoms with Gasteiger partial charge in [-0.3, -0.25) is 4.90 Å². The molecular formula is C20H18Cl2N4O2S. The van der Waals surface area contributed by atoms with Gasteiger partial charge in [-0.25, -0.2) is 0 Å². The van der Waals surface area contributed by atoms with Crippen molar-refractivity contribution in [1.82, 2.24) is 19.5 Å². The van der Waals surface area contributed by atoms with E-state index in [0.717, 1.165) is 36.4 Å². The molecule has 3 aromatic heterocycles. The van der Waals surface area contributed by atoms with Gasteiger partial charge in [-0.2, -0.15) is 9.50 Å². The van der Waals surface area contributed by atoms with E-state index in [9.17, 15) is 5.11 Å². The van der Waals surface area contributed by atoms with Crippen molar-refractivity contribution in [2.45, 2.75) is 25.3 Å². The Morgan fingerprint density at radius 3 is 2.66 bits per heavy atom. The molecule has 0 spiro atoms. The number of rotatable bonds is 4. The zero-order chi connectivity index (χ0) is 20.0. The van der Waals surface area contributed by atoms with Gasteiger partial charge in [-0.1, -0.05) is 47.0 Å². The number of aromatic nitrogens is 3. The van der Waals surface area contributed by atoms with Crippen molar-refractivity contribution < 1.29 is 9.52 Å². The van der Waals surface area contributed by atoms with E-state index in [2.05, 4.69) is 15.0 Å². The summed E-state index contributed by atoms with van der Waals surface area (Å²) in [6.45, 7) is 1.88. The van der Waals surface area contributed by atoms with Crippen LogP contribution in [0.5, 0.6) is 5.88 Å². The number of thiazole rings is 1. The average molecular weight is 449 g/mol. The number of piperidine rings is 1. The summed E-state index contributed by atoms with van der Waals surface area (Å²) >= 11 is 14.1. The van der Waals surface area contributed by atoms with Gasteiger partial charge >= 0.3 is 0 Å². The summed E-state index contributed by atoms with van der Waals surface area (Å²) in [5.41, 5.74) is 0.920. The van der Waals surface area contributed by atoms with Gasteiger partial charge in [0.1, 0.15) is 0 Å². The number of hydrogen-bond donors (Lipinski definition) is 1. The monoisotopic (exact) mass is 448 g/mol. The number of benzene rings is 1. The normalized spacial score (nSPS) is 16.5. The average Bonchev–Trinajstić information content (AvgIpc) is 3.43. The fourth-order valence-electron chi connectivity index (χ4n) is 3.84. The molecule has 1 saturated heterocycles. The second-order valence-corrected chi connectivity index (χ2v) is 8.91. The molecule has 0 unspecified atom stereocenters. The third-order valence-electron chi connectivity index (χ3n) is 5.20. The van der Waals surface area contributed by atoms with E-state index in [0.29, 0.717) is 26.6 Å². The quantitative estimate of drug-likeness (QED) is 0.437. The van der Waals surface area contributed by atoms with E-state index >= 15 is 0 Å². The molecule has 0 saturated carbocycles. The highest BCUT2D eigenvalue weighted by Crippen LogP contribution is 2.43. The van der Waals surface area contributed by atoms with Crippen molar-refractivity contribution in [2.24, 2.45) is 0 Å². The minimum absolute atomic E-state index is 0.0805. The fourth-order valence-corrected chi connectivity index (χ4v) is 5.46. The summed E-state index contributed by atoms with van der Waals surface area (Å²) in [4.78, 5) is 8.28. The molecule has 29 heavy (non-hydrogen) atoms. The molecule has 0 radical (unpaired) electrons. The molecule has 5 rings (SSSR count). The van der Waals surface area contributed by atoms with Crippen molar-refractivity contribution in [1.29, 1.82) is 0 Å². The zero-order valence-corrected chi connectivity index (χ0v) is 17.7. The second kappa shape index (κ2) is 7.65. The van der Waals surface area contributed by atoms with Crippen molar-refractivity contribution >= 4 is 39.5 Å². The lowest BCUT2D eigenvalue weighted by molar-refractivity contribution is 0.186. The van der Waals surface area contributed by atoms with E-state index in [1.165, 1.54) is 22.3 Å². The molecule has 0 amide bonds. The Bertz CT molecular complexity index is 1150. The summed E-state index contributed by atoms with van der Waals surface area (Å²) in [7, 11) is 0. The first-order valence-corrected chi connectivity index (χ1v) is 11.0. The van der Waals surface area contributed by atoms with Crippen LogP contribution >= 0.6 is 34.5 Å². The van der Waals surface area contributed by atoms with Gasteiger partial charge in [0.2, 0.25) is 16.7 Å². The molecule has 9 heteroatoms. The molecule has 6 nitrogen and oxygen atoms in total. The number of furan rings is 1. The van der Waals surface area contributed by atoms with Crippen LogP contribution in [0.25, 0.3) is 16.5 Å². The molecule has 1 fully saturated rings. The lowest BCUT2D eigenvalue weighted by Gasteiger charge is -2.34. The largest absolute Gasteiger partial charge is 0.492 e. The second-order valence-electron chi connectivity index (χ2n) is 7.06. The molecule has 0 aliphatic carbocycles. The highest BCUT2D eigenvalue weighted by Gasteiger charge is 2.32. The lowest BCUT2D eigenvalue weighted by Crippen LogP contribution is -2.34. The highest BCUT2D eigenvalue weighted by molar-refractivity contribution is 7.17. The van der Waals surface area contributed by atoms with E-state index in [-0.39, 0.29) is 11.9 Å². The Hall–Kier alpha value is -2.06. The summed E-state index contributed by atoms with van der Waals surface area (Å²) in [6.07, 6.45) is 5.02. The van der Waals surface area contributed by atoms with Crippen LogP contribution in [0.2, 0.25) is 10.0 Å². The summed E-state index contributed by atoms with van der Waals surface area (Å²) in [6, 6.07) is 8.92. The third kappa shape index (κ3) is 3.42. The zero-order valence-electron chi connectivity index (χ0n) is 15.4. The molecule has 1 aliphatic heterocycles. The van der Waals surface area contributed by atoms with Crippen LogP contribution < -0.4 is 0 Å². The van der Waals surface area contributed by atoms with Crippen LogP contribution in [0.1, 0.15) is 35.7 Å². The van der Waals surface area contributed by atoms with Crippen LogP contribution in [0, 0.1) is 0 Å². The van der Waals surface area contributed by atoms with Gasteiger partial charge in [0.25, 0.3) is 0 Å². The lowest BCUT2D eigenvalue weighted by atomic mass is 10.0. The number of fused-ring (bicyclic) bond motifs is 1. The summed E-state index contributed by atoms with van der Waals surface area (Å²) < 4.78 is 6.84. The predicted molar refractivity (Wildman–Crippen MR) is 114 cm³/mol. The first-order valence-electron chi connectivity index (χ1n) is 9.43. The Labute approximate surface area is 181 Å². The van der Waals surface area contributed by atoms with E-state index in [4.69, 9.17) is 27.6 Å². The molecule has 1 atom stereocenters. The smallest absolute Gasteiger partial charge is 0.230 e. The Morgan fingerprint density at radius 1 is 1.14 bits per heavy atom. The summed E-state index contributed by atoms with van der Waals surface area (Å²) in [5, 5.41) is 16.7. The molecule has 4 aromatic rings. The number of likely N-dealkylation sites (tertiary alicyclic amines) is 1. The van der Waals surface area contributed by atoms with Crippen LogP contribution in [-0.4, -0.2) is 37.7 Å². The molecule has 4 heterocycles. The minimum Gasteiger partial charge on any atom is -0.492 e. The molecule has 1 N–H and O–H groups in total. The van der Waals surface area contributed by atoms with E-state index < -0.39 is 0 Å². The van der Waals surface area contributed by atoms with E-state index in [1.54, 1.807) is 24.5 Å². The number of hydrogen-bond acceptors (Lipinski definition) is 6. The third-order valence-corrected chi connectivity index (χ3v) is 6.84. The molecule has 1 aliphatic rings. The standard InChI is InChI=1S/C20H18Cl2N4O2S/c21-12-6-7-13(14(22)11-12)16(25-8-2-1-3-9-25)17-19(27)26-20(29-17)23-18(24-26)15-5-4-10-28-15/h4-7,10-11,16,27H,1-3,8-9H2/t16-/m0/s1. The predicted octanol–water partition coefficient (Wildman–Crippen LogP) is 5.64. The van der Waals surface area contributed by atoms with Crippen LogP contribution in [-0.2, 0) is 0 Å². The van der Waals surface area contributed by atoms with Gasteiger partial charge in [0.05, 0.1) is 17.2 Å². The maximum absolute atomic E-state index is 11.1. The van der Waals surface area contributed by atoms with Crippen LogP contribution in [0.4, 0.5) is 0 Å². The van der Waals surface area contributed by atoms with Gasteiger partial charge in [-0.05, 0) is 55.8 Å². The van der Waals surface area contributed by atoms with Crippen molar-refractivity contribution in [3.63, 3.8) is 0 Å². The van der Waals surface area contributed by atoms with E-state index in [1.807, 2.05) is 12.1 Å². The molecule has 1 aromatic carbocycles. The SMILES string of the molecule is Oc1c([C@H](c2ccc(Cl)cc2Cl)N2CCCCC2)sc2nc(-c3ccco3)nn12. The van der Waals surface area contributed by atoms with Gasteiger partial charge in [0, 0.05) is 10.0 Å². The Balaban J connectivity index is 1.62. The fraction of sp³-hybridized carbons (Fsp3) is 0.300. The first-order chi connectivity index (χ1) is 14.1. The number of halogens is 2. The van der Waals surface area contributed by atoms with Gasteiger partial charge in [0.15, 0.2) is 5.76 Å². The van der Waals surface area contributed by atoms with Crippen molar-refractivity contribution in [3.05, 3.63) is 57.1 Å². The maximum Gasteiger partial charge on any atom is 0.230 e. The number of nitrogens with zero attached hydrogens (tertiary/aromatic N) is 4. The van der Waals surface area contributed by atoms with Crippen LogP contribution in [0.3, 0.4) is 0 Å². The van der Waals surface area contributed by atoms with Crippen molar-refractivity contribution in [2.75, 3.05) is 13.1 Å². The minimum atomic E-state index is -0.180. The van der Waals surface area contributed by atoms with Gasteiger partial charge in [-0.15, -0.1) is 5.10 Å². The Morgan fingerprint density at radius 2 is 1.97 bits per heavy atom. The van der Waals surface area contributed by atoms with Crippen LogP contribution in [0.15, 0.2) is 41.0 Å². The molecule has 150 valence electrons. The van der Waals surface area contributed by atoms with Crippen molar-refractivity contribution in [3.8, 4) is 17.5 Å². The maximum atomic E-state index is 11.1. The summed E-state index contributed by atoms with van der Waals surface area (Å²) in [5.74, 6) is 1.09. The Kier molecular flexibility index (Phi) is 4.99. The van der Waals surface area contributed by atoms with Gasteiger partial charge < -0.3 is 9.52 Å².